The van der Waals surface area contributed by atoms with Crippen molar-refractivity contribution in [2.24, 2.45) is 0 Å². The van der Waals surface area contributed by atoms with Gasteiger partial charge in [0.15, 0.2) is 0 Å². The van der Waals surface area contributed by atoms with Crippen molar-refractivity contribution in [3.63, 3.8) is 0 Å². The van der Waals surface area contributed by atoms with Crippen LogP contribution in [0, 0.1) is 0 Å². The average Bonchev–Trinajstić information content (AvgIpc) is 2.74. The Labute approximate surface area is 109 Å². The van der Waals surface area contributed by atoms with Gasteiger partial charge < -0.3 is 10.1 Å². The van der Waals surface area contributed by atoms with E-state index in [1.807, 2.05) is 18.3 Å². The van der Waals surface area contributed by atoms with E-state index in [0.717, 1.165) is 39.4 Å². The highest BCUT2D eigenvalue weighted by atomic mass is 32.1. The normalized spacial score (nSPS) is 11.3. The predicted octanol–water partition coefficient (Wildman–Crippen LogP) is 2.33. The van der Waals surface area contributed by atoms with Crippen molar-refractivity contribution in [3.05, 3.63) is 21.9 Å². The average molecular weight is 256 g/mol. The van der Waals surface area contributed by atoms with Gasteiger partial charge in [-0.15, -0.1) is 11.3 Å². The minimum atomic E-state index is 0.805. The quantitative estimate of drug-likeness (QED) is 0.686. The lowest BCUT2D eigenvalue weighted by atomic mass is 10.4. The van der Waals surface area contributed by atoms with Crippen LogP contribution in [0.3, 0.4) is 0 Å². The highest BCUT2D eigenvalue weighted by Gasteiger charge is 2.03. The first-order valence-electron chi connectivity index (χ1n) is 6.30. The SMILES string of the molecule is CCNCc1ccc(CN(C)CCOCC)s1. The summed E-state index contributed by atoms with van der Waals surface area (Å²) in [5.74, 6) is 0. The van der Waals surface area contributed by atoms with E-state index in [0.29, 0.717) is 0 Å². The predicted molar refractivity (Wildman–Crippen MR) is 74.5 cm³/mol. The van der Waals surface area contributed by atoms with Crippen LogP contribution in [0.5, 0.6) is 0 Å². The van der Waals surface area contributed by atoms with Crippen molar-refractivity contribution in [2.75, 3.05) is 33.4 Å². The molecule has 0 aliphatic heterocycles. The van der Waals surface area contributed by atoms with Gasteiger partial charge in [-0.2, -0.15) is 0 Å². The van der Waals surface area contributed by atoms with E-state index < -0.39 is 0 Å². The monoisotopic (exact) mass is 256 g/mol. The maximum absolute atomic E-state index is 5.35. The number of ether oxygens (including phenoxy) is 1. The van der Waals surface area contributed by atoms with Crippen LogP contribution >= 0.6 is 11.3 Å². The van der Waals surface area contributed by atoms with Gasteiger partial charge in [0.05, 0.1) is 6.61 Å². The summed E-state index contributed by atoms with van der Waals surface area (Å²) in [4.78, 5) is 5.15. The second-order valence-corrected chi connectivity index (χ2v) is 5.34. The lowest BCUT2D eigenvalue weighted by Crippen LogP contribution is -2.22. The summed E-state index contributed by atoms with van der Waals surface area (Å²) in [6, 6.07) is 4.45. The number of nitrogens with one attached hydrogen (secondary N) is 1. The number of thiophene rings is 1. The minimum absolute atomic E-state index is 0.805. The van der Waals surface area contributed by atoms with E-state index in [1.165, 1.54) is 9.75 Å². The molecule has 0 aromatic carbocycles. The van der Waals surface area contributed by atoms with Crippen molar-refractivity contribution in [1.82, 2.24) is 10.2 Å². The third-order valence-corrected chi connectivity index (χ3v) is 3.58. The summed E-state index contributed by atoms with van der Waals surface area (Å²) in [6.45, 7) is 9.83. The van der Waals surface area contributed by atoms with Crippen molar-refractivity contribution in [2.45, 2.75) is 26.9 Å². The second kappa shape index (κ2) is 8.64. The molecule has 0 bridgehead atoms. The molecule has 0 spiro atoms. The molecule has 0 unspecified atom stereocenters. The van der Waals surface area contributed by atoms with E-state index in [4.69, 9.17) is 4.74 Å². The lowest BCUT2D eigenvalue weighted by Gasteiger charge is -2.15. The molecular weight excluding hydrogens is 232 g/mol. The minimum Gasteiger partial charge on any atom is -0.380 e. The molecule has 4 heteroatoms. The molecule has 0 radical (unpaired) electrons. The Morgan fingerprint density at radius 2 is 2.06 bits per heavy atom. The fourth-order valence-electron chi connectivity index (χ4n) is 1.56. The molecule has 1 heterocycles. The Kier molecular flexibility index (Phi) is 7.44. The molecule has 0 amide bonds. The van der Waals surface area contributed by atoms with E-state index in [9.17, 15) is 0 Å². The number of nitrogens with zero attached hydrogens (tertiary/aromatic N) is 1. The number of hydrogen-bond donors (Lipinski definition) is 1. The first-order chi connectivity index (χ1) is 8.26. The fourth-order valence-corrected chi connectivity index (χ4v) is 2.63. The summed E-state index contributed by atoms with van der Waals surface area (Å²) in [7, 11) is 2.14. The zero-order valence-corrected chi connectivity index (χ0v) is 12.0. The van der Waals surface area contributed by atoms with Gasteiger partial charge in [-0.05, 0) is 32.6 Å². The fraction of sp³-hybridized carbons (Fsp3) is 0.692. The van der Waals surface area contributed by atoms with Gasteiger partial charge in [0.1, 0.15) is 0 Å². The molecule has 0 atom stereocenters. The third-order valence-electron chi connectivity index (χ3n) is 2.51. The van der Waals surface area contributed by atoms with Crippen LogP contribution in [0.15, 0.2) is 12.1 Å². The number of hydrogen-bond acceptors (Lipinski definition) is 4. The molecule has 0 aliphatic carbocycles. The van der Waals surface area contributed by atoms with Crippen LogP contribution in [0.1, 0.15) is 23.6 Å². The van der Waals surface area contributed by atoms with Gasteiger partial charge in [-0.1, -0.05) is 6.92 Å². The highest BCUT2D eigenvalue weighted by Crippen LogP contribution is 2.17. The van der Waals surface area contributed by atoms with Crippen LogP contribution in [0.25, 0.3) is 0 Å². The molecule has 3 nitrogen and oxygen atoms in total. The molecule has 1 aromatic rings. The van der Waals surface area contributed by atoms with Crippen molar-refractivity contribution >= 4 is 11.3 Å². The van der Waals surface area contributed by atoms with E-state index in [1.54, 1.807) is 0 Å². The Hall–Kier alpha value is -0.420. The lowest BCUT2D eigenvalue weighted by molar-refractivity contribution is 0.120. The third kappa shape index (κ3) is 6.17. The van der Waals surface area contributed by atoms with Crippen molar-refractivity contribution in [1.29, 1.82) is 0 Å². The first-order valence-corrected chi connectivity index (χ1v) is 7.12. The van der Waals surface area contributed by atoms with Gasteiger partial charge in [0, 0.05) is 36.0 Å². The number of likely N-dealkylation sites (N-methyl/N-ethyl adjacent to an activating group) is 1. The van der Waals surface area contributed by atoms with Crippen LogP contribution in [-0.4, -0.2) is 38.3 Å². The van der Waals surface area contributed by atoms with Gasteiger partial charge >= 0.3 is 0 Å². The summed E-state index contributed by atoms with van der Waals surface area (Å²) in [5.41, 5.74) is 0. The molecule has 1 aromatic heterocycles. The maximum Gasteiger partial charge on any atom is 0.0593 e. The molecule has 0 aliphatic rings. The molecule has 98 valence electrons. The second-order valence-electron chi connectivity index (χ2n) is 4.08. The number of rotatable bonds is 9. The summed E-state index contributed by atoms with van der Waals surface area (Å²) in [5, 5.41) is 3.35. The summed E-state index contributed by atoms with van der Waals surface area (Å²) < 4.78 is 5.35. The zero-order chi connectivity index (χ0) is 12.5. The van der Waals surface area contributed by atoms with Gasteiger partial charge in [0.2, 0.25) is 0 Å². The van der Waals surface area contributed by atoms with Crippen LogP contribution in [0.2, 0.25) is 0 Å². The Morgan fingerprint density at radius 1 is 1.29 bits per heavy atom. The largest absolute Gasteiger partial charge is 0.380 e. The maximum atomic E-state index is 5.35. The van der Waals surface area contributed by atoms with E-state index >= 15 is 0 Å². The Morgan fingerprint density at radius 3 is 2.76 bits per heavy atom. The Balaban J connectivity index is 2.27. The van der Waals surface area contributed by atoms with E-state index in [2.05, 4.69) is 36.3 Å². The first kappa shape index (κ1) is 14.6. The zero-order valence-electron chi connectivity index (χ0n) is 11.2. The Bertz CT molecular complexity index is 301. The van der Waals surface area contributed by atoms with Gasteiger partial charge in [0.25, 0.3) is 0 Å². The van der Waals surface area contributed by atoms with Crippen LogP contribution in [0.4, 0.5) is 0 Å². The van der Waals surface area contributed by atoms with Crippen LogP contribution in [-0.2, 0) is 17.8 Å². The smallest absolute Gasteiger partial charge is 0.0593 e. The molecule has 1 rings (SSSR count). The topological polar surface area (TPSA) is 24.5 Å². The van der Waals surface area contributed by atoms with E-state index in [-0.39, 0.29) is 0 Å². The van der Waals surface area contributed by atoms with Crippen LogP contribution < -0.4 is 5.32 Å². The van der Waals surface area contributed by atoms with Crippen molar-refractivity contribution < 1.29 is 4.74 Å². The highest BCUT2D eigenvalue weighted by molar-refractivity contribution is 7.11. The van der Waals surface area contributed by atoms with Gasteiger partial charge in [-0.25, -0.2) is 0 Å². The molecule has 0 saturated carbocycles. The van der Waals surface area contributed by atoms with Crippen molar-refractivity contribution in [3.8, 4) is 0 Å². The molecule has 0 saturated heterocycles. The van der Waals surface area contributed by atoms with Gasteiger partial charge in [-0.3, -0.25) is 4.90 Å². The molecular formula is C13H24N2OS. The molecule has 17 heavy (non-hydrogen) atoms. The molecule has 0 fully saturated rings. The molecule has 1 N–H and O–H groups in total. The standard InChI is InChI=1S/C13H24N2OS/c1-4-14-10-12-6-7-13(17-12)11-15(3)8-9-16-5-2/h6-7,14H,4-5,8-11H2,1-3H3. The summed E-state index contributed by atoms with van der Waals surface area (Å²) in [6.07, 6.45) is 0. The summed E-state index contributed by atoms with van der Waals surface area (Å²) >= 11 is 1.90.